The molecule has 6 rings (SSSR count). The Hall–Kier alpha value is -5.68. The van der Waals surface area contributed by atoms with Crippen molar-refractivity contribution in [1.82, 2.24) is 19.9 Å². The van der Waals surface area contributed by atoms with Crippen molar-refractivity contribution in [2.24, 2.45) is 10.3 Å². The summed E-state index contributed by atoms with van der Waals surface area (Å²) in [6.45, 7) is 3.50. The highest BCUT2D eigenvalue weighted by Crippen LogP contribution is 2.32. The van der Waals surface area contributed by atoms with E-state index >= 15 is 0 Å². The average molecular weight is 679 g/mol. The first-order chi connectivity index (χ1) is 22.8. The summed E-state index contributed by atoms with van der Waals surface area (Å²) in [5.41, 5.74) is 1.32. The molecule has 0 radical (unpaired) electrons. The summed E-state index contributed by atoms with van der Waals surface area (Å²) in [4.78, 5) is 26.5. The van der Waals surface area contributed by atoms with Crippen LogP contribution in [0.3, 0.4) is 0 Å². The highest BCUT2D eigenvalue weighted by molar-refractivity contribution is 5.80. The van der Waals surface area contributed by atoms with E-state index in [-0.39, 0.29) is 11.5 Å². The molecule has 0 saturated carbocycles. The smallest absolute Gasteiger partial charge is 0.436 e. The van der Waals surface area contributed by atoms with Crippen molar-refractivity contribution in [3.8, 4) is 23.0 Å². The van der Waals surface area contributed by atoms with Gasteiger partial charge in [0.2, 0.25) is 11.8 Å². The first kappa shape index (κ1) is 33.7. The fraction of sp³-hybridized carbons (Fsp3) is 0.267. The molecule has 0 aliphatic carbocycles. The zero-order valence-corrected chi connectivity index (χ0v) is 24.9. The van der Waals surface area contributed by atoms with Gasteiger partial charge >= 0.3 is 12.7 Å². The van der Waals surface area contributed by atoms with Crippen LogP contribution >= 0.6 is 0 Å². The summed E-state index contributed by atoms with van der Waals surface area (Å²) in [5, 5.41) is 7.64. The van der Waals surface area contributed by atoms with Gasteiger partial charge < -0.3 is 28.6 Å². The molecule has 2 aliphatic rings. The van der Waals surface area contributed by atoms with E-state index in [0.29, 0.717) is 58.9 Å². The first-order valence-electron chi connectivity index (χ1n) is 13.9. The molecule has 0 bridgehead atoms. The van der Waals surface area contributed by atoms with Crippen LogP contribution in [0, 0.1) is 13.8 Å². The van der Waals surface area contributed by atoms with Gasteiger partial charge in [0.15, 0.2) is 23.7 Å². The lowest BCUT2D eigenvalue weighted by Gasteiger charge is -2.11. The number of ether oxygens (including phenoxy) is 4. The summed E-state index contributed by atoms with van der Waals surface area (Å²) in [5.74, 6) is 2.18. The van der Waals surface area contributed by atoms with E-state index in [0.717, 1.165) is 0 Å². The molecule has 4 aromatic rings. The molecule has 0 spiro atoms. The molecule has 18 heteroatoms. The maximum absolute atomic E-state index is 12.1. The zero-order chi connectivity index (χ0) is 34.3. The van der Waals surface area contributed by atoms with Crippen LogP contribution < -0.4 is 18.9 Å². The summed E-state index contributed by atoms with van der Waals surface area (Å²) < 4.78 is 91.4. The van der Waals surface area contributed by atoms with Gasteiger partial charge in [0.25, 0.3) is 0 Å². The minimum atomic E-state index is -4.72. The molecule has 252 valence electrons. The fourth-order valence-electron chi connectivity index (χ4n) is 4.10. The molecule has 2 aliphatic heterocycles. The second kappa shape index (κ2) is 14.4. The van der Waals surface area contributed by atoms with Crippen LogP contribution in [0.5, 0.6) is 23.0 Å². The second-order valence-electron chi connectivity index (χ2n) is 9.94. The highest BCUT2D eigenvalue weighted by Gasteiger charge is 2.32. The van der Waals surface area contributed by atoms with Crippen LogP contribution in [0.4, 0.5) is 26.3 Å². The minimum absolute atomic E-state index is 0.293. The van der Waals surface area contributed by atoms with E-state index in [2.05, 4.69) is 39.7 Å². The molecule has 12 nitrogen and oxygen atoms in total. The lowest BCUT2D eigenvalue weighted by molar-refractivity contribution is -0.275. The molecular formula is C30H24F6N6O6. The van der Waals surface area contributed by atoms with Gasteiger partial charge in [-0.15, -0.1) is 26.3 Å². The number of hydrogen-bond donors (Lipinski definition) is 0. The minimum Gasteiger partial charge on any atom is -0.436 e. The lowest BCUT2D eigenvalue weighted by atomic mass is 10.1. The first-order valence-corrected chi connectivity index (χ1v) is 13.9. The molecular weight excluding hydrogens is 654 g/mol. The number of aromatic nitrogens is 4. The van der Waals surface area contributed by atoms with Gasteiger partial charge in [-0.25, -0.2) is 19.9 Å². The maximum atomic E-state index is 12.1. The van der Waals surface area contributed by atoms with Crippen LogP contribution in [0.25, 0.3) is 0 Å². The quantitative estimate of drug-likeness (QED) is 0.195. The third-order valence-electron chi connectivity index (χ3n) is 6.24. The summed E-state index contributed by atoms with van der Waals surface area (Å²) in [7, 11) is 0. The molecule has 0 amide bonds. The number of oxime groups is 2. The Bertz CT molecular complexity index is 1590. The molecule has 4 heterocycles. The van der Waals surface area contributed by atoms with Gasteiger partial charge in [-0.3, -0.25) is 0 Å². The van der Waals surface area contributed by atoms with E-state index in [1.54, 1.807) is 13.8 Å². The molecule has 2 atom stereocenters. The van der Waals surface area contributed by atoms with Crippen LogP contribution in [-0.2, 0) is 9.68 Å². The molecule has 48 heavy (non-hydrogen) atoms. The van der Waals surface area contributed by atoms with E-state index in [1.165, 1.54) is 73.3 Å². The van der Waals surface area contributed by atoms with Gasteiger partial charge in [-0.2, -0.15) is 0 Å². The normalized spacial score (nSPS) is 17.2. The van der Waals surface area contributed by atoms with E-state index < -0.39 is 24.9 Å². The van der Waals surface area contributed by atoms with E-state index in [1.807, 2.05) is 0 Å². The summed E-state index contributed by atoms with van der Waals surface area (Å²) in [6, 6.07) is 10.8. The largest absolute Gasteiger partial charge is 0.573 e. The summed E-state index contributed by atoms with van der Waals surface area (Å²) >= 11 is 0. The Morgan fingerprint density at radius 1 is 0.542 bits per heavy atom. The van der Waals surface area contributed by atoms with Crippen molar-refractivity contribution in [3.63, 3.8) is 0 Å². The van der Waals surface area contributed by atoms with Gasteiger partial charge in [0.1, 0.15) is 23.1 Å². The Morgan fingerprint density at radius 3 is 1.19 bits per heavy atom. The van der Waals surface area contributed by atoms with Gasteiger partial charge in [0, 0.05) is 0 Å². The molecule has 0 unspecified atom stereocenters. The van der Waals surface area contributed by atoms with Crippen LogP contribution in [0.1, 0.15) is 47.8 Å². The van der Waals surface area contributed by atoms with Crippen molar-refractivity contribution < 1.29 is 55.0 Å². The molecule has 2 aromatic heterocycles. The average Bonchev–Trinajstić information content (AvgIpc) is 3.69. The number of nitrogens with zero attached hydrogens (tertiary/aromatic N) is 6. The predicted molar refractivity (Wildman–Crippen MR) is 153 cm³/mol. The van der Waals surface area contributed by atoms with Crippen LogP contribution in [0.15, 0.2) is 83.6 Å². The monoisotopic (exact) mass is 678 g/mol. The maximum Gasteiger partial charge on any atom is 0.573 e. The Morgan fingerprint density at radius 2 is 0.875 bits per heavy atom. The van der Waals surface area contributed by atoms with E-state index in [4.69, 9.17) is 19.1 Å². The third kappa shape index (κ3) is 10.2. The standard InChI is InChI=1S/2C15H12F3N3O3/c2*1-9-19-7-12(8-20-9)22-14-6-13(24-21-14)10-2-4-11(5-3-10)23-15(16,17)18/h2*2-5,7-8,13H,6H2,1H3/t2*13-/m10/s1. The number of aryl methyl sites for hydroxylation is 2. The van der Waals surface area contributed by atoms with Crippen molar-refractivity contribution in [1.29, 1.82) is 0 Å². The Balaban J connectivity index is 0.000000188. The van der Waals surface area contributed by atoms with Crippen molar-refractivity contribution in [2.45, 2.75) is 51.6 Å². The van der Waals surface area contributed by atoms with E-state index in [9.17, 15) is 26.3 Å². The molecule has 0 fully saturated rings. The zero-order valence-electron chi connectivity index (χ0n) is 24.9. The second-order valence-corrected chi connectivity index (χ2v) is 9.94. The van der Waals surface area contributed by atoms with Crippen LogP contribution in [0.2, 0.25) is 0 Å². The number of halogens is 6. The van der Waals surface area contributed by atoms with Crippen LogP contribution in [-0.4, -0.2) is 44.5 Å². The topological polar surface area (TPSA) is 132 Å². The Labute approximate surface area is 267 Å². The molecule has 2 aromatic carbocycles. The van der Waals surface area contributed by atoms with Crippen molar-refractivity contribution in [3.05, 3.63) is 96.1 Å². The highest BCUT2D eigenvalue weighted by atomic mass is 19.4. The van der Waals surface area contributed by atoms with Gasteiger partial charge in [-0.05, 0) is 49.2 Å². The number of hydrogen-bond acceptors (Lipinski definition) is 12. The molecule has 0 saturated heterocycles. The summed E-state index contributed by atoms with van der Waals surface area (Å²) in [6.07, 6.45) is -3.57. The fourth-order valence-corrected chi connectivity index (χ4v) is 4.10. The van der Waals surface area contributed by atoms with Gasteiger partial charge in [0.05, 0.1) is 37.6 Å². The van der Waals surface area contributed by atoms with Crippen molar-refractivity contribution >= 4 is 11.8 Å². The predicted octanol–water partition coefficient (Wildman–Crippen LogP) is 7.08. The van der Waals surface area contributed by atoms with Gasteiger partial charge in [-0.1, -0.05) is 34.6 Å². The number of alkyl halides is 6. The molecule has 0 N–H and O–H groups in total. The lowest BCUT2D eigenvalue weighted by Crippen LogP contribution is -2.17. The Kier molecular flexibility index (Phi) is 10.1. The third-order valence-corrected chi connectivity index (χ3v) is 6.24. The number of benzene rings is 2. The number of rotatable bonds is 6. The SMILES string of the molecule is Cc1ncc(OC2=NO[C@@H](c3ccc(OC(F)(F)F)cc3)C2)cn1.Cc1ncc(OC2=NO[C@H](c3ccc(OC(F)(F)F)cc3)C2)cn1. The van der Waals surface area contributed by atoms with Crippen molar-refractivity contribution in [2.75, 3.05) is 0 Å².